The van der Waals surface area contributed by atoms with Crippen molar-refractivity contribution in [2.24, 2.45) is 0 Å². The molecule has 1 aromatic carbocycles. The molecule has 1 aliphatic heterocycles. The monoisotopic (exact) mass is 500 g/mol. The van der Waals surface area contributed by atoms with Crippen molar-refractivity contribution in [3.63, 3.8) is 0 Å². The quantitative estimate of drug-likeness (QED) is 0.473. The van der Waals surface area contributed by atoms with Gasteiger partial charge in [0.1, 0.15) is 28.8 Å². The van der Waals surface area contributed by atoms with Crippen LogP contribution in [0, 0.1) is 6.92 Å². The number of nitrogens with zero attached hydrogens (tertiary/aromatic N) is 5. The van der Waals surface area contributed by atoms with E-state index in [2.05, 4.69) is 25.5 Å². The number of aryl methyl sites for hydroxylation is 1. The molecule has 188 valence electrons. The lowest BCUT2D eigenvalue weighted by atomic mass is 10.1. The number of ether oxygens (including phenoxy) is 2. The Kier molecular flexibility index (Phi) is 7.36. The Morgan fingerprint density at radius 3 is 2.34 bits per heavy atom. The van der Waals surface area contributed by atoms with Crippen LogP contribution in [-0.2, 0) is 15.6 Å². The first-order valence-corrected chi connectivity index (χ1v) is 13.4. The molecule has 3 heterocycles. The van der Waals surface area contributed by atoms with Crippen LogP contribution in [0.25, 0.3) is 5.69 Å². The topological polar surface area (TPSA) is 121 Å². The Balaban J connectivity index is 1.76. The molecule has 10 nitrogen and oxygen atoms in total. The van der Waals surface area contributed by atoms with E-state index in [1.807, 2.05) is 19.9 Å². The molecular formula is C24H32N6O4S. The van der Waals surface area contributed by atoms with Gasteiger partial charge in [-0.05, 0) is 50.9 Å². The van der Waals surface area contributed by atoms with Gasteiger partial charge >= 0.3 is 0 Å². The number of aromatic nitrogens is 5. The molecule has 0 radical (unpaired) electrons. The number of hydrogen-bond donors (Lipinski definition) is 1. The van der Waals surface area contributed by atoms with Crippen LogP contribution in [0.2, 0.25) is 0 Å². The number of methoxy groups -OCH3 is 2. The van der Waals surface area contributed by atoms with Crippen molar-refractivity contribution in [3.8, 4) is 17.2 Å². The van der Waals surface area contributed by atoms with Crippen molar-refractivity contribution < 1.29 is 17.9 Å². The molecule has 3 aromatic rings. The summed E-state index contributed by atoms with van der Waals surface area (Å²) < 4.78 is 40.2. The van der Waals surface area contributed by atoms with Gasteiger partial charge < -0.3 is 14.8 Å². The fourth-order valence-electron chi connectivity index (χ4n) is 4.32. The SMILES string of the molecule is COc1cccc(OC)c1-n1c(CS(=O)(=O)[C@@H](C)[C@H](C)c2ncc(C)cn2)nnc1[C@@H]1CCCN1. The van der Waals surface area contributed by atoms with Gasteiger partial charge in [0.25, 0.3) is 0 Å². The van der Waals surface area contributed by atoms with Crippen LogP contribution in [-0.4, -0.2) is 59.2 Å². The Labute approximate surface area is 206 Å². The van der Waals surface area contributed by atoms with Crippen LogP contribution in [0.1, 0.15) is 61.7 Å². The third-order valence-electron chi connectivity index (χ3n) is 6.56. The summed E-state index contributed by atoms with van der Waals surface area (Å²) in [6, 6.07) is 5.38. The van der Waals surface area contributed by atoms with E-state index in [1.165, 1.54) is 0 Å². The van der Waals surface area contributed by atoms with E-state index in [1.54, 1.807) is 50.2 Å². The highest BCUT2D eigenvalue weighted by Crippen LogP contribution is 2.37. The molecule has 35 heavy (non-hydrogen) atoms. The second-order valence-electron chi connectivity index (χ2n) is 8.89. The van der Waals surface area contributed by atoms with Gasteiger partial charge in [0.05, 0.1) is 25.5 Å². The molecular weight excluding hydrogens is 468 g/mol. The lowest BCUT2D eigenvalue weighted by Crippen LogP contribution is -2.28. The van der Waals surface area contributed by atoms with Crippen LogP contribution in [0.3, 0.4) is 0 Å². The maximum Gasteiger partial charge on any atom is 0.160 e. The Morgan fingerprint density at radius 2 is 1.77 bits per heavy atom. The van der Waals surface area contributed by atoms with E-state index in [0.29, 0.717) is 34.7 Å². The van der Waals surface area contributed by atoms with E-state index in [0.717, 1.165) is 24.9 Å². The minimum atomic E-state index is -3.66. The molecule has 2 aromatic heterocycles. The number of nitrogens with one attached hydrogen (secondary N) is 1. The third kappa shape index (κ3) is 5.01. The van der Waals surface area contributed by atoms with Crippen molar-refractivity contribution in [1.29, 1.82) is 0 Å². The largest absolute Gasteiger partial charge is 0.494 e. The summed E-state index contributed by atoms with van der Waals surface area (Å²) in [6.45, 7) is 6.27. The zero-order chi connectivity index (χ0) is 25.2. The molecule has 3 atom stereocenters. The standard InChI is InChI=1S/C24H32N6O4S/c1-15-12-26-23(27-13-15)16(2)17(3)35(31,32)14-21-28-29-24(18-8-7-11-25-18)30(21)22-19(33-4)9-6-10-20(22)34-5/h6,9-10,12-13,16-18,25H,7-8,11,14H2,1-5H3/t16-,17-,18-/m0/s1. The van der Waals surface area contributed by atoms with Gasteiger partial charge in [-0.15, -0.1) is 10.2 Å². The zero-order valence-electron chi connectivity index (χ0n) is 20.7. The third-order valence-corrected chi connectivity index (χ3v) is 8.76. The first-order valence-electron chi connectivity index (χ1n) is 11.7. The predicted octanol–water partition coefficient (Wildman–Crippen LogP) is 2.91. The van der Waals surface area contributed by atoms with Gasteiger partial charge in [-0.25, -0.2) is 18.4 Å². The van der Waals surface area contributed by atoms with Crippen molar-refractivity contribution >= 4 is 9.84 Å². The summed E-state index contributed by atoms with van der Waals surface area (Å²) in [5, 5.41) is 11.5. The van der Waals surface area contributed by atoms with Crippen LogP contribution < -0.4 is 14.8 Å². The number of sulfone groups is 1. The summed E-state index contributed by atoms with van der Waals surface area (Å²) in [5.41, 5.74) is 1.50. The molecule has 1 N–H and O–H groups in total. The zero-order valence-corrected chi connectivity index (χ0v) is 21.5. The van der Waals surface area contributed by atoms with Crippen LogP contribution >= 0.6 is 0 Å². The molecule has 1 fully saturated rings. The first-order chi connectivity index (χ1) is 16.8. The molecule has 1 saturated heterocycles. The van der Waals surface area contributed by atoms with Gasteiger partial charge in [-0.2, -0.15) is 0 Å². The van der Waals surface area contributed by atoms with E-state index in [4.69, 9.17) is 9.47 Å². The normalized spacial score (nSPS) is 17.8. The van der Waals surface area contributed by atoms with Gasteiger partial charge in [0.15, 0.2) is 21.5 Å². The van der Waals surface area contributed by atoms with Crippen molar-refractivity contribution in [3.05, 3.63) is 53.6 Å². The van der Waals surface area contributed by atoms with E-state index in [-0.39, 0.29) is 11.8 Å². The van der Waals surface area contributed by atoms with Gasteiger partial charge in [0.2, 0.25) is 0 Å². The predicted molar refractivity (Wildman–Crippen MR) is 132 cm³/mol. The molecule has 0 amide bonds. The van der Waals surface area contributed by atoms with Crippen LogP contribution in [0.15, 0.2) is 30.6 Å². The maximum absolute atomic E-state index is 13.6. The number of hydrogen-bond acceptors (Lipinski definition) is 9. The van der Waals surface area contributed by atoms with Crippen LogP contribution in [0.5, 0.6) is 11.5 Å². The molecule has 1 aliphatic rings. The summed E-state index contributed by atoms with van der Waals surface area (Å²) in [6.07, 6.45) is 5.27. The van der Waals surface area contributed by atoms with Crippen molar-refractivity contribution in [2.75, 3.05) is 20.8 Å². The highest BCUT2D eigenvalue weighted by atomic mass is 32.2. The maximum atomic E-state index is 13.6. The van der Waals surface area contributed by atoms with E-state index < -0.39 is 21.0 Å². The second kappa shape index (κ2) is 10.3. The minimum absolute atomic E-state index is 0.0501. The summed E-state index contributed by atoms with van der Waals surface area (Å²) in [7, 11) is -0.521. The molecule has 11 heteroatoms. The molecule has 0 aliphatic carbocycles. The minimum Gasteiger partial charge on any atom is -0.494 e. The highest BCUT2D eigenvalue weighted by Gasteiger charge is 2.34. The number of para-hydroxylation sites is 1. The summed E-state index contributed by atoms with van der Waals surface area (Å²) in [5.74, 6) is 1.82. The van der Waals surface area contributed by atoms with E-state index in [9.17, 15) is 8.42 Å². The fraction of sp³-hybridized carbons (Fsp3) is 0.500. The molecule has 4 rings (SSSR count). The lowest BCUT2D eigenvalue weighted by Gasteiger charge is -2.21. The average molecular weight is 501 g/mol. The average Bonchev–Trinajstić information content (AvgIpc) is 3.52. The molecule has 0 unspecified atom stereocenters. The van der Waals surface area contributed by atoms with Gasteiger partial charge in [-0.1, -0.05) is 13.0 Å². The lowest BCUT2D eigenvalue weighted by molar-refractivity contribution is 0.389. The van der Waals surface area contributed by atoms with Gasteiger partial charge in [-0.3, -0.25) is 4.57 Å². The fourth-order valence-corrected chi connectivity index (χ4v) is 5.87. The molecule has 0 spiro atoms. The molecule has 0 saturated carbocycles. The Bertz CT molecular complexity index is 1250. The van der Waals surface area contributed by atoms with Gasteiger partial charge in [0, 0.05) is 18.3 Å². The Morgan fingerprint density at radius 1 is 1.11 bits per heavy atom. The van der Waals surface area contributed by atoms with Crippen molar-refractivity contribution in [1.82, 2.24) is 30.0 Å². The van der Waals surface area contributed by atoms with Crippen molar-refractivity contribution in [2.45, 2.75) is 56.6 Å². The smallest absolute Gasteiger partial charge is 0.160 e. The number of benzene rings is 1. The molecule has 0 bridgehead atoms. The van der Waals surface area contributed by atoms with E-state index >= 15 is 0 Å². The second-order valence-corrected chi connectivity index (χ2v) is 11.2. The highest BCUT2D eigenvalue weighted by molar-refractivity contribution is 7.91. The first kappa shape index (κ1) is 25.1. The number of rotatable bonds is 9. The Hall–Kier alpha value is -3.05. The summed E-state index contributed by atoms with van der Waals surface area (Å²) in [4.78, 5) is 8.67. The van der Waals surface area contributed by atoms with Crippen LogP contribution in [0.4, 0.5) is 0 Å². The summed E-state index contributed by atoms with van der Waals surface area (Å²) >= 11 is 0.